The number of nitrogens with two attached hydrogens (primary N) is 1. The number of halogens is 1. The highest BCUT2D eigenvalue weighted by atomic mass is 32.1. The minimum absolute atomic E-state index is 0.276. The van der Waals surface area contributed by atoms with Crippen molar-refractivity contribution in [2.24, 2.45) is 0 Å². The van der Waals surface area contributed by atoms with Gasteiger partial charge in [-0.25, -0.2) is 9.37 Å². The molecule has 3 aromatic heterocycles. The Kier molecular flexibility index (Phi) is 5.32. The molecule has 0 bridgehead atoms. The number of benzene rings is 1. The highest BCUT2D eigenvalue weighted by molar-refractivity contribution is 7.13. The van der Waals surface area contributed by atoms with Gasteiger partial charge in [-0.15, -0.1) is 16.4 Å². The van der Waals surface area contributed by atoms with Crippen LogP contribution in [-0.4, -0.2) is 51.4 Å². The summed E-state index contributed by atoms with van der Waals surface area (Å²) in [4.78, 5) is 7.60. The molecule has 32 heavy (non-hydrogen) atoms. The number of aromatic nitrogens is 5. The summed E-state index contributed by atoms with van der Waals surface area (Å²) in [6.45, 7) is 7.27. The Labute approximate surface area is 188 Å². The zero-order chi connectivity index (χ0) is 22.2. The van der Waals surface area contributed by atoms with Gasteiger partial charge < -0.3 is 16.0 Å². The fraction of sp³-hybridized carbons (Fsp3) is 0.273. The van der Waals surface area contributed by atoms with Gasteiger partial charge in [-0.05, 0) is 59.5 Å². The van der Waals surface area contributed by atoms with Gasteiger partial charge in [0, 0.05) is 54.1 Å². The minimum Gasteiger partial charge on any atom is -0.383 e. The van der Waals surface area contributed by atoms with Crippen LogP contribution < -0.4 is 16.0 Å². The first-order valence-corrected chi connectivity index (χ1v) is 11.3. The van der Waals surface area contributed by atoms with Crippen LogP contribution in [-0.2, 0) is 0 Å². The Morgan fingerprint density at radius 2 is 1.91 bits per heavy atom. The fourth-order valence-corrected chi connectivity index (χ4v) is 4.84. The van der Waals surface area contributed by atoms with E-state index in [-0.39, 0.29) is 17.3 Å². The van der Waals surface area contributed by atoms with E-state index in [1.807, 2.05) is 19.1 Å². The average Bonchev–Trinajstić information content (AvgIpc) is 3.46. The smallest absolute Gasteiger partial charge is 0.190 e. The monoisotopic (exact) mass is 450 g/mol. The third-order valence-corrected chi connectivity index (χ3v) is 6.76. The van der Waals surface area contributed by atoms with Crippen LogP contribution in [0.15, 0.2) is 35.8 Å². The standard InChI is InChI=1S/C22H23FN8S/c1-13-9-19(32-12-13)15-10-16(21(24)26-11-15)22-27-28-29-31(22)18-4-3-17(14(2)20(18)23)30-7-5-25-6-8-30/h3-4,9-12,25H,5-8H2,1-2H3,(H2,24,26). The number of nitrogen functional groups attached to an aromatic ring is 1. The lowest BCUT2D eigenvalue weighted by Crippen LogP contribution is -2.43. The fourth-order valence-electron chi connectivity index (χ4n) is 3.96. The first kappa shape index (κ1) is 20.5. The Morgan fingerprint density at radius 3 is 2.66 bits per heavy atom. The van der Waals surface area contributed by atoms with E-state index in [0.29, 0.717) is 17.0 Å². The van der Waals surface area contributed by atoms with E-state index in [0.717, 1.165) is 42.3 Å². The second-order valence-corrected chi connectivity index (χ2v) is 8.75. The summed E-state index contributed by atoms with van der Waals surface area (Å²) in [5.41, 5.74) is 10.6. The molecule has 0 aliphatic carbocycles. The van der Waals surface area contributed by atoms with Crippen LogP contribution >= 0.6 is 11.3 Å². The topological polar surface area (TPSA) is 97.8 Å². The maximum atomic E-state index is 15.5. The lowest BCUT2D eigenvalue weighted by Gasteiger charge is -2.31. The summed E-state index contributed by atoms with van der Waals surface area (Å²) in [5.74, 6) is 0.275. The molecule has 1 fully saturated rings. The molecule has 3 N–H and O–H groups in total. The molecule has 8 nitrogen and oxygen atoms in total. The number of aryl methyl sites for hydroxylation is 1. The Balaban J connectivity index is 1.57. The molecule has 0 unspecified atom stereocenters. The molecule has 4 aromatic rings. The molecule has 0 radical (unpaired) electrons. The van der Waals surface area contributed by atoms with E-state index >= 15 is 4.39 Å². The van der Waals surface area contributed by atoms with Crippen LogP contribution in [0.5, 0.6) is 0 Å². The maximum Gasteiger partial charge on any atom is 0.190 e. The molecule has 1 saturated heterocycles. The number of hydrogen-bond donors (Lipinski definition) is 2. The van der Waals surface area contributed by atoms with Gasteiger partial charge in [0.15, 0.2) is 11.6 Å². The van der Waals surface area contributed by atoms with Gasteiger partial charge in [-0.1, -0.05) is 0 Å². The van der Waals surface area contributed by atoms with Crippen LogP contribution in [0.1, 0.15) is 11.1 Å². The number of pyridine rings is 1. The molecule has 0 atom stereocenters. The maximum absolute atomic E-state index is 15.5. The van der Waals surface area contributed by atoms with Gasteiger partial charge in [0.1, 0.15) is 11.5 Å². The van der Waals surface area contributed by atoms with E-state index in [4.69, 9.17) is 5.73 Å². The molecule has 10 heteroatoms. The molecule has 1 aromatic carbocycles. The zero-order valence-corrected chi connectivity index (χ0v) is 18.7. The first-order chi connectivity index (χ1) is 15.5. The second-order valence-electron chi connectivity index (χ2n) is 7.84. The van der Waals surface area contributed by atoms with Crippen molar-refractivity contribution < 1.29 is 4.39 Å². The van der Waals surface area contributed by atoms with E-state index in [2.05, 4.69) is 42.2 Å². The lowest BCUT2D eigenvalue weighted by atomic mass is 10.1. The molecule has 0 saturated carbocycles. The van der Waals surface area contributed by atoms with Gasteiger partial charge in [0.05, 0.1) is 5.56 Å². The largest absolute Gasteiger partial charge is 0.383 e. The number of nitrogens with one attached hydrogen (secondary N) is 1. The van der Waals surface area contributed by atoms with E-state index in [1.54, 1.807) is 30.5 Å². The predicted octanol–water partition coefficient (Wildman–Crippen LogP) is 3.20. The highest BCUT2D eigenvalue weighted by Gasteiger charge is 2.22. The number of nitrogens with zero attached hydrogens (tertiary/aromatic N) is 6. The number of hydrogen-bond acceptors (Lipinski definition) is 8. The van der Waals surface area contributed by atoms with E-state index in [9.17, 15) is 0 Å². The second kappa shape index (κ2) is 8.29. The molecular formula is C22H23FN8S. The highest BCUT2D eigenvalue weighted by Crippen LogP contribution is 2.34. The Morgan fingerprint density at radius 1 is 1.12 bits per heavy atom. The Bertz CT molecular complexity index is 1270. The molecule has 0 amide bonds. The number of tetrazole rings is 1. The molecule has 1 aliphatic rings. The number of anilines is 2. The van der Waals surface area contributed by atoms with Gasteiger partial charge >= 0.3 is 0 Å². The van der Waals surface area contributed by atoms with Crippen molar-refractivity contribution in [2.75, 3.05) is 36.8 Å². The van der Waals surface area contributed by atoms with Gasteiger partial charge in [-0.2, -0.15) is 4.68 Å². The third-order valence-electron chi connectivity index (χ3n) is 5.67. The van der Waals surface area contributed by atoms with Crippen LogP contribution in [0.25, 0.3) is 27.5 Å². The summed E-state index contributed by atoms with van der Waals surface area (Å²) in [6.07, 6.45) is 1.73. The summed E-state index contributed by atoms with van der Waals surface area (Å²) in [6, 6.07) is 7.63. The predicted molar refractivity (Wildman–Crippen MR) is 125 cm³/mol. The van der Waals surface area contributed by atoms with Gasteiger partial charge in [0.2, 0.25) is 0 Å². The minimum atomic E-state index is -0.355. The lowest BCUT2D eigenvalue weighted by molar-refractivity contribution is 0.577. The van der Waals surface area contributed by atoms with Gasteiger partial charge in [0.25, 0.3) is 0 Å². The van der Waals surface area contributed by atoms with Crippen LogP contribution in [0, 0.1) is 19.7 Å². The van der Waals surface area contributed by atoms with Crippen molar-refractivity contribution in [3.05, 3.63) is 52.8 Å². The van der Waals surface area contributed by atoms with Crippen molar-refractivity contribution in [3.63, 3.8) is 0 Å². The number of thiophene rings is 1. The SMILES string of the molecule is Cc1csc(-c2cnc(N)c(-c3nnnn3-c3ccc(N4CCNCC4)c(C)c3F)c2)c1. The quantitative estimate of drug-likeness (QED) is 0.493. The molecule has 4 heterocycles. The van der Waals surface area contributed by atoms with Crippen molar-refractivity contribution in [2.45, 2.75) is 13.8 Å². The first-order valence-electron chi connectivity index (χ1n) is 10.4. The van der Waals surface area contributed by atoms with Gasteiger partial charge in [-0.3, -0.25) is 0 Å². The molecule has 164 valence electrons. The normalized spacial score (nSPS) is 14.2. The molecule has 1 aliphatic heterocycles. The summed E-state index contributed by atoms with van der Waals surface area (Å²) in [5, 5.41) is 17.4. The molecule has 0 spiro atoms. The molecule has 5 rings (SSSR count). The van der Waals surface area contributed by atoms with Crippen LogP contribution in [0.2, 0.25) is 0 Å². The van der Waals surface area contributed by atoms with Crippen LogP contribution in [0.3, 0.4) is 0 Å². The van der Waals surface area contributed by atoms with Crippen molar-refractivity contribution >= 4 is 22.8 Å². The summed E-state index contributed by atoms with van der Waals surface area (Å²) < 4.78 is 16.9. The number of piperazine rings is 1. The summed E-state index contributed by atoms with van der Waals surface area (Å²) >= 11 is 1.63. The molecular weight excluding hydrogens is 427 g/mol. The zero-order valence-electron chi connectivity index (χ0n) is 17.8. The van der Waals surface area contributed by atoms with E-state index in [1.165, 1.54) is 10.2 Å². The average molecular weight is 451 g/mol. The number of rotatable bonds is 4. The van der Waals surface area contributed by atoms with Crippen molar-refractivity contribution in [1.29, 1.82) is 0 Å². The van der Waals surface area contributed by atoms with E-state index < -0.39 is 0 Å². The summed E-state index contributed by atoms with van der Waals surface area (Å²) in [7, 11) is 0. The van der Waals surface area contributed by atoms with Crippen molar-refractivity contribution in [1.82, 2.24) is 30.5 Å². The third kappa shape index (κ3) is 3.61. The van der Waals surface area contributed by atoms with Crippen LogP contribution in [0.4, 0.5) is 15.9 Å². The van der Waals surface area contributed by atoms with Crippen molar-refractivity contribution in [3.8, 4) is 27.5 Å². The Hall–Kier alpha value is -3.37.